The lowest BCUT2D eigenvalue weighted by molar-refractivity contribution is 0.327. The van der Waals surface area contributed by atoms with Crippen LogP contribution in [-0.4, -0.2) is 28.2 Å². The minimum atomic E-state index is 0.211. The van der Waals surface area contributed by atoms with E-state index in [1.807, 2.05) is 35.0 Å². The Balaban J connectivity index is 1.31. The lowest BCUT2D eigenvalue weighted by Crippen LogP contribution is -2.33. The van der Waals surface area contributed by atoms with Crippen molar-refractivity contribution in [2.75, 3.05) is 18.0 Å². The van der Waals surface area contributed by atoms with E-state index >= 15 is 0 Å². The summed E-state index contributed by atoms with van der Waals surface area (Å²) in [7, 11) is 0. The molecule has 9 heteroatoms. The zero-order chi connectivity index (χ0) is 18.9. The van der Waals surface area contributed by atoms with Gasteiger partial charge in [0.2, 0.25) is 29.2 Å². The van der Waals surface area contributed by atoms with Gasteiger partial charge < -0.3 is 13.8 Å². The lowest BCUT2D eigenvalue weighted by atomic mass is 9.97. The van der Waals surface area contributed by atoms with Crippen molar-refractivity contribution >= 4 is 28.6 Å². The number of nitrogens with zero attached hydrogens (tertiary/aromatic N) is 5. The van der Waals surface area contributed by atoms with Gasteiger partial charge in [0.1, 0.15) is 6.07 Å². The van der Waals surface area contributed by atoms with Crippen LogP contribution in [0.2, 0.25) is 0 Å². The summed E-state index contributed by atoms with van der Waals surface area (Å²) in [6.07, 6.45) is 1.71. The fraction of sp³-hybridized carbons (Fsp3) is 0.263. The van der Waals surface area contributed by atoms with Crippen LogP contribution in [0.25, 0.3) is 21.5 Å². The van der Waals surface area contributed by atoms with E-state index in [1.54, 1.807) is 22.7 Å². The SMILES string of the molecule is N#Cc1nc(-c2cccs2)oc1N1CCC(c2nc(-c3cccs3)no2)CC1. The van der Waals surface area contributed by atoms with Crippen molar-refractivity contribution in [3.63, 3.8) is 0 Å². The number of piperidine rings is 1. The quantitative estimate of drug-likeness (QED) is 0.479. The maximum atomic E-state index is 9.46. The third-order valence-corrected chi connectivity index (χ3v) is 6.49. The molecule has 7 nitrogen and oxygen atoms in total. The molecule has 0 bridgehead atoms. The summed E-state index contributed by atoms with van der Waals surface area (Å²) >= 11 is 3.14. The highest BCUT2D eigenvalue weighted by Crippen LogP contribution is 2.35. The Morgan fingerprint density at radius 3 is 2.50 bits per heavy atom. The van der Waals surface area contributed by atoms with Gasteiger partial charge in [-0.15, -0.1) is 22.7 Å². The third-order valence-electron chi connectivity index (χ3n) is 4.76. The summed E-state index contributed by atoms with van der Waals surface area (Å²) < 4.78 is 11.4. The van der Waals surface area contributed by atoms with Gasteiger partial charge >= 0.3 is 0 Å². The molecule has 0 atom stereocenters. The highest BCUT2D eigenvalue weighted by Gasteiger charge is 2.29. The van der Waals surface area contributed by atoms with Gasteiger partial charge in [-0.05, 0) is 35.7 Å². The maximum absolute atomic E-state index is 9.46. The third kappa shape index (κ3) is 3.10. The second-order valence-electron chi connectivity index (χ2n) is 6.46. The molecule has 140 valence electrons. The molecule has 0 amide bonds. The largest absolute Gasteiger partial charge is 0.418 e. The first-order valence-corrected chi connectivity index (χ1v) is 10.6. The summed E-state index contributed by atoms with van der Waals surface area (Å²) in [5.74, 6) is 2.59. The van der Waals surface area contributed by atoms with Crippen LogP contribution < -0.4 is 4.90 Å². The Labute approximate surface area is 168 Å². The van der Waals surface area contributed by atoms with Crippen molar-refractivity contribution in [3.05, 3.63) is 46.6 Å². The first-order chi connectivity index (χ1) is 13.8. The molecule has 0 radical (unpaired) electrons. The molecule has 0 aliphatic carbocycles. The van der Waals surface area contributed by atoms with E-state index < -0.39 is 0 Å². The molecule has 1 saturated heterocycles. The summed E-state index contributed by atoms with van der Waals surface area (Å²) in [6.45, 7) is 1.49. The van der Waals surface area contributed by atoms with Gasteiger partial charge in [0.05, 0.1) is 9.75 Å². The van der Waals surface area contributed by atoms with E-state index in [2.05, 4.69) is 26.1 Å². The van der Waals surface area contributed by atoms with Crippen molar-refractivity contribution in [2.45, 2.75) is 18.8 Å². The molecule has 5 rings (SSSR count). The molecule has 5 heterocycles. The first kappa shape index (κ1) is 17.2. The molecule has 1 fully saturated rings. The van der Waals surface area contributed by atoms with E-state index in [0.29, 0.717) is 29.2 Å². The molecule has 1 aliphatic heterocycles. The van der Waals surface area contributed by atoms with Crippen molar-refractivity contribution < 1.29 is 8.94 Å². The minimum absolute atomic E-state index is 0.211. The van der Waals surface area contributed by atoms with Crippen molar-refractivity contribution in [1.29, 1.82) is 5.26 Å². The van der Waals surface area contributed by atoms with Crippen LogP contribution in [0.4, 0.5) is 5.88 Å². The Bertz CT molecular complexity index is 1100. The average molecular weight is 409 g/mol. The van der Waals surface area contributed by atoms with Gasteiger partial charge in [-0.3, -0.25) is 0 Å². The van der Waals surface area contributed by atoms with Gasteiger partial charge in [-0.2, -0.15) is 15.2 Å². The highest BCUT2D eigenvalue weighted by atomic mass is 32.1. The Hall–Kier alpha value is -2.96. The highest BCUT2D eigenvalue weighted by molar-refractivity contribution is 7.13. The van der Waals surface area contributed by atoms with Crippen molar-refractivity contribution in [3.8, 4) is 27.5 Å². The summed E-state index contributed by atoms with van der Waals surface area (Å²) in [5, 5.41) is 17.5. The predicted molar refractivity (Wildman–Crippen MR) is 106 cm³/mol. The summed E-state index contributed by atoms with van der Waals surface area (Å²) in [6, 6.07) is 10.00. The van der Waals surface area contributed by atoms with E-state index in [4.69, 9.17) is 8.94 Å². The molecule has 0 spiro atoms. The molecule has 0 saturated carbocycles. The molecule has 28 heavy (non-hydrogen) atoms. The molecule has 4 aromatic rings. The molecule has 0 N–H and O–H groups in total. The lowest BCUT2D eigenvalue weighted by Gasteiger charge is -2.29. The van der Waals surface area contributed by atoms with E-state index in [0.717, 1.165) is 35.7 Å². The maximum Gasteiger partial charge on any atom is 0.240 e. The number of anilines is 1. The number of hydrogen-bond acceptors (Lipinski definition) is 9. The zero-order valence-corrected chi connectivity index (χ0v) is 16.4. The summed E-state index contributed by atoms with van der Waals surface area (Å²) in [4.78, 5) is 12.9. The monoisotopic (exact) mass is 409 g/mol. The molecular formula is C19H15N5O2S2. The van der Waals surface area contributed by atoms with Gasteiger partial charge in [0, 0.05) is 19.0 Å². The smallest absolute Gasteiger partial charge is 0.240 e. The van der Waals surface area contributed by atoms with Crippen LogP contribution in [0, 0.1) is 11.3 Å². The topological polar surface area (TPSA) is 92.0 Å². The van der Waals surface area contributed by atoms with Crippen LogP contribution in [0.5, 0.6) is 0 Å². The van der Waals surface area contributed by atoms with E-state index in [9.17, 15) is 5.26 Å². The van der Waals surface area contributed by atoms with E-state index in [1.165, 1.54) is 0 Å². The van der Waals surface area contributed by atoms with Crippen molar-refractivity contribution in [2.24, 2.45) is 0 Å². The number of aromatic nitrogens is 3. The van der Waals surface area contributed by atoms with Gasteiger partial charge in [-0.1, -0.05) is 17.3 Å². The minimum Gasteiger partial charge on any atom is -0.418 e. The molecule has 0 aromatic carbocycles. The van der Waals surface area contributed by atoms with Gasteiger partial charge in [0.25, 0.3) is 0 Å². The standard InChI is InChI=1S/C19H15N5O2S2/c20-11-13-19(25-18(21-13)15-4-2-10-28-15)24-7-5-12(6-8-24)17-22-16(23-26-17)14-3-1-9-27-14/h1-4,9-10,12H,5-8H2. The first-order valence-electron chi connectivity index (χ1n) is 8.89. The molecule has 1 aliphatic rings. The normalized spacial score (nSPS) is 15.0. The fourth-order valence-corrected chi connectivity index (χ4v) is 4.64. The molecule has 4 aromatic heterocycles. The fourth-order valence-electron chi connectivity index (χ4n) is 3.34. The molecular weight excluding hydrogens is 394 g/mol. The van der Waals surface area contributed by atoms with Crippen LogP contribution in [0.1, 0.15) is 30.3 Å². The zero-order valence-electron chi connectivity index (χ0n) is 14.7. The number of thiophene rings is 2. The Morgan fingerprint density at radius 1 is 1.07 bits per heavy atom. The van der Waals surface area contributed by atoms with Crippen molar-refractivity contribution in [1.82, 2.24) is 15.1 Å². The van der Waals surface area contributed by atoms with Gasteiger partial charge in [-0.25, -0.2) is 0 Å². The van der Waals surface area contributed by atoms with Crippen LogP contribution in [-0.2, 0) is 0 Å². The summed E-state index contributed by atoms with van der Waals surface area (Å²) in [5.41, 5.74) is 0.333. The van der Waals surface area contributed by atoms with Crippen LogP contribution >= 0.6 is 22.7 Å². The second-order valence-corrected chi connectivity index (χ2v) is 8.35. The number of oxazole rings is 1. The Morgan fingerprint density at radius 2 is 1.82 bits per heavy atom. The van der Waals surface area contributed by atoms with Crippen LogP contribution in [0.15, 0.2) is 44.0 Å². The average Bonchev–Trinajstić information content (AvgIpc) is 3.53. The number of hydrogen-bond donors (Lipinski definition) is 0. The van der Waals surface area contributed by atoms with Crippen LogP contribution in [0.3, 0.4) is 0 Å². The number of rotatable bonds is 4. The molecule has 0 unspecified atom stereocenters. The van der Waals surface area contributed by atoms with Gasteiger partial charge in [0.15, 0.2) is 0 Å². The van der Waals surface area contributed by atoms with E-state index in [-0.39, 0.29) is 5.92 Å². The second kappa shape index (κ2) is 7.22. The predicted octanol–water partition coefficient (Wildman–Crippen LogP) is 4.77. The number of nitriles is 1. The Kier molecular flexibility index (Phi) is 4.43.